The van der Waals surface area contributed by atoms with Crippen molar-refractivity contribution < 1.29 is 68.1 Å². The summed E-state index contributed by atoms with van der Waals surface area (Å²) in [7, 11) is 0. The molecule has 0 aliphatic carbocycles. The second-order valence-corrected chi connectivity index (χ2v) is 14.1. The Morgan fingerprint density at radius 3 is 1.37 bits per heavy atom. The number of primary amides is 1. The van der Waals surface area contributed by atoms with Crippen molar-refractivity contribution in [3.05, 3.63) is 0 Å². The Morgan fingerprint density at radius 2 is 0.967 bits per heavy atom. The molecule has 0 saturated carbocycles. The van der Waals surface area contributed by atoms with Crippen LogP contribution in [0, 0.1) is 11.3 Å². The second kappa shape index (κ2) is 26.7. The van der Waals surface area contributed by atoms with Crippen LogP contribution in [0.15, 0.2) is 0 Å². The molecule has 0 spiro atoms. The molecule has 0 aromatic heterocycles. The number of carboxylic acid groups (broad SMARTS) is 3. The van der Waals surface area contributed by atoms with Gasteiger partial charge >= 0.3 is 17.9 Å². The first-order valence-corrected chi connectivity index (χ1v) is 19.0. The van der Waals surface area contributed by atoms with E-state index in [1.807, 2.05) is 0 Å². The van der Waals surface area contributed by atoms with Gasteiger partial charge in [-0.1, -0.05) is 13.8 Å². The Kier molecular flexibility index (Phi) is 23.9. The van der Waals surface area contributed by atoms with E-state index in [0.717, 1.165) is 6.92 Å². The molecule has 0 aliphatic rings. The summed E-state index contributed by atoms with van der Waals surface area (Å²) in [5, 5.41) is 53.5. The van der Waals surface area contributed by atoms with Crippen LogP contribution in [0.2, 0.25) is 0 Å². The lowest BCUT2D eigenvalue weighted by atomic mass is 10.0. The van der Waals surface area contributed by atoms with E-state index in [1.54, 1.807) is 13.8 Å². The fraction of sp³-hybridized carbons (Fsp3) is 0.636. The van der Waals surface area contributed by atoms with E-state index < -0.39 is 151 Å². The van der Waals surface area contributed by atoms with Crippen LogP contribution in [0.25, 0.3) is 0 Å². The first kappa shape index (κ1) is 53.8. The normalized spacial score (nSPS) is 14.8. The smallest absolute Gasteiger partial charge is 0.326 e. The van der Waals surface area contributed by atoms with Crippen LogP contribution in [0.1, 0.15) is 66.2 Å². The molecule has 0 rings (SSSR count). The molecule has 27 heteroatoms. The molecule has 338 valence electrons. The zero-order valence-electron chi connectivity index (χ0n) is 33.4. The van der Waals surface area contributed by atoms with Gasteiger partial charge in [-0.05, 0) is 39.0 Å². The predicted octanol–water partition coefficient (Wildman–Crippen LogP) is -6.10. The SMILES string of the molecule is CC(C)[C@H](N)C(=O)N[C@@H](C)C(=O)N[C@@H](CC(=O)O)C(=O)N[C@@H](CS)C(=O)N[C@@H](C)C(=O)N[C@@H](CC(=O)O)C(=O)N[C@@H](CCCNC(=N)N)C(=O)N[C@@H](CCC(N)=O)C(=O)O. The molecule has 18 N–H and O–H groups in total. The molecule has 60 heavy (non-hydrogen) atoms. The largest absolute Gasteiger partial charge is 0.481 e. The van der Waals surface area contributed by atoms with Gasteiger partial charge in [0.1, 0.15) is 42.3 Å². The van der Waals surface area contributed by atoms with Gasteiger partial charge in [0.25, 0.3) is 0 Å². The zero-order valence-corrected chi connectivity index (χ0v) is 34.3. The average Bonchev–Trinajstić information content (AvgIpc) is 3.14. The molecule has 0 radical (unpaired) electrons. The Hall–Kier alpha value is -6.25. The van der Waals surface area contributed by atoms with E-state index in [2.05, 4.69) is 55.2 Å². The van der Waals surface area contributed by atoms with Crippen LogP contribution in [-0.2, 0) is 52.7 Å². The lowest BCUT2D eigenvalue weighted by Crippen LogP contribution is -2.60. The molecular formula is C33H56N12O14S. The fourth-order valence-corrected chi connectivity index (χ4v) is 5.03. The van der Waals surface area contributed by atoms with E-state index in [9.17, 15) is 68.1 Å². The maximum absolute atomic E-state index is 13.3. The lowest BCUT2D eigenvalue weighted by Gasteiger charge is -2.26. The van der Waals surface area contributed by atoms with Crippen LogP contribution in [0.3, 0.4) is 0 Å². The van der Waals surface area contributed by atoms with Crippen molar-refractivity contribution >= 4 is 83.8 Å². The summed E-state index contributed by atoms with van der Waals surface area (Å²) in [6.07, 6.45) is -3.00. The summed E-state index contributed by atoms with van der Waals surface area (Å²) in [5.74, 6) is -13.9. The molecule has 0 aromatic rings. The number of nitrogens with one attached hydrogen (secondary N) is 9. The molecule has 0 fully saturated rings. The van der Waals surface area contributed by atoms with Gasteiger partial charge in [0, 0.05) is 18.7 Å². The van der Waals surface area contributed by atoms with Crippen molar-refractivity contribution in [2.45, 2.75) is 115 Å². The van der Waals surface area contributed by atoms with Crippen molar-refractivity contribution in [1.82, 2.24) is 42.5 Å². The van der Waals surface area contributed by atoms with Crippen LogP contribution in [0.4, 0.5) is 0 Å². The first-order valence-electron chi connectivity index (χ1n) is 18.3. The Labute approximate surface area is 349 Å². The number of thiol groups is 1. The third kappa shape index (κ3) is 21.0. The van der Waals surface area contributed by atoms with Crippen molar-refractivity contribution in [3.63, 3.8) is 0 Å². The van der Waals surface area contributed by atoms with Gasteiger partial charge in [-0.25, -0.2) is 4.79 Å². The highest BCUT2D eigenvalue weighted by Crippen LogP contribution is 2.06. The monoisotopic (exact) mass is 876 g/mol. The van der Waals surface area contributed by atoms with Gasteiger partial charge in [-0.3, -0.25) is 53.4 Å². The molecule has 0 aromatic carbocycles. The number of aliphatic carboxylic acids is 3. The Bertz CT molecular complexity index is 1620. The maximum Gasteiger partial charge on any atom is 0.326 e. The standard InChI is InChI=1S/C33H56N12O14S/c1-13(2)24(35)31(57)40-15(4)26(52)44-19(11-23(49)50)29(55)45-20(12-60)30(56)39-14(3)25(51)43-18(10-22(47)48)28(54)41-16(6-5-9-38-33(36)37)27(53)42-17(32(58)59)7-8-21(34)46/h13-20,24,60H,5-12,35H2,1-4H3,(H2,34,46)(H,39,56)(H,40,57)(H,41,54)(H,42,53)(H,43,51)(H,44,52)(H,45,55)(H,47,48)(H,49,50)(H,58,59)(H4,36,37,38)/t14-,15-,16-,17-,18-,19-,20-,24-/m0/s1. The van der Waals surface area contributed by atoms with Crippen LogP contribution in [-0.4, -0.2) is 147 Å². The first-order chi connectivity index (χ1) is 27.8. The van der Waals surface area contributed by atoms with E-state index in [0.29, 0.717) is 0 Å². The molecule has 26 nitrogen and oxygen atoms in total. The van der Waals surface area contributed by atoms with E-state index in [-0.39, 0.29) is 25.3 Å². The van der Waals surface area contributed by atoms with Gasteiger partial charge in [0.05, 0.1) is 18.9 Å². The van der Waals surface area contributed by atoms with Gasteiger partial charge in [0.15, 0.2) is 5.96 Å². The number of rotatable bonds is 28. The number of guanidine groups is 1. The summed E-state index contributed by atoms with van der Waals surface area (Å²) in [6.45, 7) is 5.73. The fourth-order valence-electron chi connectivity index (χ4n) is 4.77. The number of carbonyl (C=O) groups excluding carboxylic acids is 8. The number of carbonyl (C=O) groups is 11. The third-order valence-electron chi connectivity index (χ3n) is 8.28. The third-order valence-corrected chi connectivity index (χ3v) is 8.64. The topological polar surface area (TPSA) is 447 Å². The number of hydrogen-bond acceptors (Lipinski definition) is 14. The van der Waals surface area contributed by atoms with E-state index in [4.69, 9.17) is 22.6 Å². The molecule has 0 saturated heterocycles. The van der Waals surface area contributed by atoms with Crippen LogP contribution in [0.5, 0.6) is 0 Å². The van der Waals surface area contributed by atoms with Gasteiger partial charge < -0.3 is 75.1 Å². The zero-order chi connectivity index (χ0) is 46.4. The number of nitrogens with two attached hydrogens (primary N) is 3. The molecule has 0 unspecified atom stereocenters. The van der Waals surface area contributed by atoms with Crippen molar-refractivity contribution in [2.75, 3.05) is 12.3 Å². The minimum atomic E-state index is -1.89. The molecule has 8 amide bonds. The Balaban J connectivity index is 5.94. The highest BCUT2D eigenvalue weighted by atomic mass is 32.1. The minimum absolute atomic E-state index is 0.0150. The highest BCUT2D eigenvalue weighted by Gasteiger charge is 2.34. The quantitative estimate of drug-likeness (QED) is 0.0150. The Morgan fingerprint density at radius 1 is 0.567 bits per heavy atom. The molecule has 0 bridgehead atoms. The van der Waals surface area contributed by atoms with Gasteiger partial charge in [0.2, 0.25) is 47.3 Å². The molecule has 8 atom stereocenters. The summed E-state index contributed by atoms with van der Waals surface area (Å²) in [6, 6.07) is -12.2. The van der Waals surface area contributed by atoms with E-state index in [1.165, 1.54) is 6.92 Å². The minimum Gasteiger partial charge on any atom is -0.481 e. The van der Waals surface area contributed by atoms with E-state index >= 15 is 0 Å². The average molecular weight is 877 g/mol. The number of carboxylic acids is 3. The summed E-state index contributed by atoms with van der Waals surface area (Å²) < 4.78 is 0. The molecule has 0 heterocycles. The van der Waals surface area contributed by atoms with Crippen molar-refractivity contribution in [3.8, 4) is 0 Å². The lowest BCUT2D eigenvalue weighted by molar-refractivity contribution is -0.143. The number of amides is 8. The summed E-state index contributed by atoms with van der Waals surface area (Å²) in [5.41, 5.74) is 16.1. The predicted molar refractivity (Wildman–Crippen MR) is 211 cm³/mol. The highest BCUT2D eigenvalue weighted by molar-refractivity contribution is 7.80. The number of hydrogen-bond donors (Lipinski definition) is 16. The van der Waals surface area contributed by atoms with Crippen molar-refractivity contribution in [2.24, 2.45) is 23.1 Å². The maximum atomic E-state index is 13.3. The van der Waals surface area contributed by atoms with Crippen molar-refractivity contribution in [1.29, 1.82) is 5.41 Å². The van der Waals surface area contributed by atoms with Crippen LogP contribution < -0.4 is 59.7 Å². The van der Waals surface area contributed by atoms with Crippen LogP contribution >= 0.6 is 12.6 Å². The molecule has 0 aliphatic heterocycles. The summed E-state index contributed by atoms with van der Waals surface area (Å²) >= 11 is 4.01. The summed E-state index contributed by atoms with van der Waals surface area (Å²) in [4.78, 5) is 137. The van der Waals surface area contributed by atoms with Gasteiger partial charge in [-0.15, -0.1) is 0 Å². The van der Waals surface area contributed by atoms with Gasteiger partial charge in [-0.2, -0.15) is 12.6 Å². The second-order valence-electron chi connectivity index (χ2n) is 13.7. The molecular weight excluding hydrogens is 820 g/mol.